The van der Waals surface area contributed by atoms with E-state index in [0.717, 1.165) is 18.1 Å². The van der Waals surface area contributed by atoms with Gasteiger partial charge in [0.05, 0.1) is 0 Å². The molecule has 1 heterocycles. The first kappa shape index (κ1) is 19.3. The fraction of sp³-hybridized carbons (Fsp3) is 0.588. The van der Waals surface area contributed by atoms with E-state index >= 15 is 0 Å². The third kappa shape index (κ3) is 5.18. The van der Waals surface area contributed by atoms with E-state index in [9.17, 15) is 4.79 Å². The van der Waals surface area contributed by atoms with Crippen LogP contribution in [0.2, 0.25) is 0 Å². The van der Waals surface area contributed by atoms with Crippen LogP contribution in [0.1, 0.15) is 32.8 Å². The molecular formula is C17H27ClN2OS. The normalized spacial score (nSPS) is 19.9. The minimum absolute atomic E-state index is 0. The SMILES string of the molecule is CC(NC(=O)CC1CSCCN1)C(C)(C)c1ccccc1.Cl. The summed E-state index contributed by atoms with van der Waals surface area (Å²) in [6.45, 7) is 7.46. The Morgan fingerprint density at radius 1 is 1.41 bits per heavy atom. The highest BCUT2D eigenvalue weighted by Crippen LogP contribution is 2.26. The molecule has 1 aliphatic rings. The van der Waals surface area contributed by atoms with E-state index in [0.29, 0.717) is 12.5 Å². The zero-order valence-corrected chi connectivity index (χ0v) is 15.2. The van der Waals surface area contributed by atoms with E-state index in [-0.39, 0.29) is 29.8 Å². The van der Waals surface area contributed by atoms with Crippen LogP contribution in [-0.2, 0) is 10.2 Å². The van der Waals surface area contributed by atoms with Crippen LogP contribution < -0.4 is 10.6 Å². The summed E-state index contributed by atoms with van der Waals surface area (Å²) >= 11 is 1.92. The maximum absolute atomic E-state index is 12.2. The summed E-state index contributed by atoms with van der Waals surface area (Å²) < 4.78 is 0. The number of halogens is 1. The molecule has 0 bridgehead atoms. The van der Waals surface area contributed by atoms with Gasteiger partial charge in [0.25, 0.3) is 0 Å². The monoisotopic (exact) mass is 342 g/mol. The van der Waals surface area contributed by atoms with Crippen molar-refractivity contribution in [2.45, 2.75) is 44.7 Å². The van der Waals surface area contributed by atoms with Crippen molar-refractivity contribution in [3.63, 3.8) is 0 Å². The minimum atomic E-state index is -0.0777. The highest BCUT2D eigenvalue weighted by molar-refractivity contribution is 7.99. The molecule has 0 radical (unpaired) electrons. The van der Waals surface area contributed by atoms with Gasteiger partial charge < -0.3 is 10.6 Å². The third-order valence-corrected chi connectivity index (χ3v) is 5.54. The van der Waals surface area contributed by atoms with Gasteiger partial charge >= 0.3 is 0 Å². The second-order valence-corrected chi connectivity index (χ2v) is 7.46. The van der Waals surface area contributed by atoms with Gasteiger partial charge in [0, 0.05) is 42.0 Å². The van der Waals surface area contributed by atoms with Crippen LogP contribution >= 0.6 is 24.2 Å². The summed E-state index contributed by atoms with van der Waals surface area (Å²) in [7, 11) is 0. The molecule has 3 nitrogen and oxygen atoms in total. The highest BCUT2D eigenvalue weighted by atomic mass is 35.5. The van der Waals surface area contributed by atoms with Gasteiger partial charge in [0.15, 0.2) is 0 Å². The average molecular weight is 343 g/mol. The fourth-order valence-electron chi connectivity index (χ4n) is 2.57. The second kappa shape index (κ2) is 8.80. The first-order chi connectivity index (χ1) is 10.00. The number of carbonyl (C=O) groups excluding carboxylic acids is 1. The Kier molecular flexibility index (Phi) is 7.74. The van der Waals surface area contributed by atoms with Gasteiger partial charge in [-0.1, -0.05) is 44.2 Å². The van der Waals surface area contributed by atoms with Crippen LogP contribution in [0.15, 0.2) is 30.3 Å². The number of amides is 1. The molecule has 0 saturated carbocycles. The molecule has 124 valence electrons. The first-order valence-corrected chi connectivity index (χ1v) is 8.81. The molecule has 1 aromatic rings. The Hall–Kier alpha value is -0.710. The van der Waals surface area contributed by atoms with Crippen molar-refractivity contribution in [2.24, 2.45) is 0 Å². The van der Waals surface area contributed by atoms with E-state index in [1.54, 1.807) is 0 Å². The average Bonchev–Trinajstić information content (AvgIpc) is 2.49. The lowest BCUT2D eigenvalue weighted by Crippen LogP contribution is -2.48. The predicted molar refractivity (Wildman–Crippen MR) is 98.1 cm³/mol. The van der Waals surface area contributed by atoms with Gasteiger partial charge in [0.1, 0.15) is 0 Å². The molecule has 5 heteroatoms. The molecule has 2 atom stereocenters. The van der Waals surface area contributed by atoms with Crippen LogP contribution in [0.4, 0.5) is 0 Å². The summed E-state index contributed by atoms with van der Waals surface area (Å²) in [6, 6.07) is 10.8. The lowest BCUT2D eigenvalue weighted by molar-refractivity contribution is -0.122. The third-order valence-electron chi connectivity index (χ3n) is 4.41. The molecule has 2 unspecified atom stereocenters. The van der Waals surface area contributed by atoms with Crippen LogP contribution in [0.25, 0.3) is 0 Å². The highest BCUT2D eigenvalue weighted by Gasteiger charge is 2.29. The summed E-state index contributed by atoms with van der Waals surface area (Å²) in [5.74, 6) is 2.32. The molecule has 1 amide bonds. The Bertz CT molecular complexity index is 461. The van der Waals surface area contributed by atoms with Gasteiger partial charge in [-0.2, -0.15) is 11.8 Å². The van der Waals surface area contributed by atoms with Crippen molar-refractivity contribution < 1.29 is 4.79 Å². The molecule has 1 fully saturated rings. The van der Waals surface area contributed by atoms with Crippen LogP contribution in [0.3, 0.4) is 0 Å². The van der Waals surface area contributed by atoms with Gasteiger partial charge in [0.2, 0.25) is 5.91 Å². The number of rotatable bonds is 5. The van der Waals surface area contributed by atoms with Crippen molar-refractivity contribution in [1.29, 1.82) is 0 Å². The van der Waals surface area contributed by atoms with E-state index < -0.39 is 0 Å². The molecule has 2 rings (SSSR count). The van der Waals surface area contributed by atoms with Crippen LogP contribution in [-0.4, -0.2) is 36.0 Å². The van der Waals surface area contributed by atoms with E-state index in [1.807, 2.05) is 17.8 Å². The largest absolute Gasteiger partial charge is 0.353 e. The van der Waals surface area contributed by atoms with E-state index in [1.165, 1.54) is 5.56 Å². The zero-order chi connectivity index (χ0) is 15.3. The predicted octanol–water partition coefficient (Wildman–Crippen LogP) is 2.99. The molecular weight excluding hydrogens is 316 g/mol. The number of nitrogens with one attached hydrogen (secondary N) is 2. The van der Waals surface area contributed by atoms with Crippen molar-refractivity contribution in [1.82, 2.24) is 10.6 Å². The Morgan fingerprint density at radius 3 is 2.68 bits per heavy atom. The van der Waals surface area contributed by atoms with Crippen molar-refractivity contribution >= 4 is 30.1 Å². The van der Waals surface area contributed by atoms with Crippen LogP contribution in [0, 0.1) is 0 Å². The van der Waals surface area contributed by atoms with Crippen molar-refractivity contribution in [3.05, 3.63) is 35.9 Å². The lowest BCUT2D eigenvalue weighted by Gasteiger charge is -2.33. The number of hydrogen-bond acceptors (Lipinski definition) is 3. The van der Waals surface area contributed by atoms with Gasteiger partial charge in [-0.15, -0.1) is 12.4 Å². The summed E-state index contributed by atoms with van der Waals surface area (Å²) in [4.78, 5) is 12.2. The maximum atomic E-state index is 12.2. The number of benzene rings is 1. The lowest BCUT2D eigenvalue weighted by atomic mass is 9.78. The quantitative estimate of drug-likeness (QED) is 0.864. The number of hydrogen-bond donors (Lipinski definition) is 2. The fourth-order valence-corrected chi connectivity index (χ4v) is 3.52. The molecule has 1 saturated heterocycles. The van der Waals surface area contributed by atoms with Gasteiger partial charge in [-0.3, -0.25) is 4.79 Å². The van der Waals surface area contributed by atoms with Gasteiger partial charge in [-0.05, 0) is 12.5 Å². The summed E-state index contributed by atoms with van der Waals surface area (Å²) in [5, 5.41) is 6.59. The smallest absolute Gasteiger partial charge is 0.221 e. The van der Waals surface area contributed by atoms with Gasteiger partial charge in [-0.25, -0.2) is 0 Å². The molecule has 2 N–H and O–H groups in total. The minimum Gasteiger partial charge on any atom is -0.353 e. The Labute approximate surface area is 144 Å². The van der Waals surface area contributed by atoms with E-state index in [4.69, 9.17) is 0 Å². The number of thioether (sulfide) groups is 1. The summed E-state index contributed by atoms with van der Waals surface area (Å²) in [6.07, 6.45) is 0.572. The Balaban J connectivity index is 0.00000242. The van der Waals surface area contributed by atoms with E-state index in [2.05, 4.69) is 55.7 Å². The molecule has 22 heavy (non-hydrogen) atoms. The molecule has 0 aliphatic carbocycles. The molecule has 0 spiro atoms. The zero-order valence-electron chi connectivity index (χ0n) is 13.6. The maximum Gasteiger partial charge on any atom is 0.221 e. The second-order valence-electron chi connectivity index (χ2n) is 6.31. The first-order valence-electron chi connectivity index (χ1n) is 7.66. The molecule has 0 aromatic heterocycles. The molecule has 1 aromatic carbocycles. The number of carbonyl (C=O) groups is 1. The van der Waals surface area contributed by atoms with Crippen LogP contribution in [0.5, 0.6) is 0 Å². The summed E-state index contributed by atoms with van der Waals surface area (Å²) in [5.41, 5.74) is 1.18. The Morgan fingerprint density at radius 2 is 2.09 bits per heavy atom. The van der Waals surface area contributed by atoms with Crippen molar-refractivity contribution in [2.75, 3.05) is 18.1 Å². The topological polar surface area (TPSA) is 41.1 Å². The van der Waals surface area contributed by atoms with Crippen molar-refractivity contribution in [3.8, 4) is 0 Å². The standard InChI is InChI=1S/C17H26N2OS.ClH/c1-13(17(2,3)14-7-5-4-6-8-14)19-16(20)11-15-12-21-10-9-18-15;/h4-8,13,15,18H,9-12H2,1-3H3,(H,19,20);1H. The molecule has 1 aliphatic heterocycles.